The molecule has 0 spiro atoms. The minimum atomic E-state index is -0.251. The molecule has 1 amide bonds. The average molecular weight is 231 g/mol. The number of rotatable bonds is 5. The van der Waals surface area contributed by atoms with Gasteiger partial charge in [0.1, 0.15) is 0 Å². The van der Waals surface area contributed by atoms with Crippen LogP contribution in [0.25, 0.3) is 0 Å². The lowest BCUT2D eigenvalue weighted by Gasteiger charge is -2.09. The molecule has 1 atom stereocenters. The Balaban J connectivity index is 2.08. The summed E-state index contributed by atoms with van der Waals surface area (Å²) >= 11 is 1.81. The number of ether oxygens (including phenoxy) is 1. The SMILES string of the molecule is CCOC(=O)CCNC(=O)C1CCSC1. The molecular formula is C10H17NO3S. The van der Waals surface area contributed by atoms with Gasteiger partial charge >= 0.3 is 5.97 Å². The largest absolute Gasteiger partial charge is 0.466 e. The Kier molecular flexibility index (Phi) is 5.53. The Morgan fingerprint density at radius 1 is 1.53 bits per heavy atom. The first-order valence-corrected chi connectivity index (χ1v) is 6.40. The first-order chi connectivity index (χ1) is 7.24. The third-order valence-electron chi connectivity index (χ3n) is 2.23. The number of thioether (sulfide) groups is 1. The maximum atomic E-state index is 11.5. The van der Waals surface area contributed by atoms with Crippen LogP contribution in [0.4, 0.5) is 0 Å². The fraction of sp³-hybridized carbons (Fsp3) is 0.800. The molecule has 1 rings (SSSR count). The zero-order chi connectivity index (χ0) is 11.1. The van der Waals surface area contributed by atoms with Crippen LogP contribution in [0.1, 0.15) is 19.8 Å². The second-order valence-corrected chi connectivity index (χ2v) is 4.56. The maximum Gasteiger partial charge on any atom is 0.307 e. The van der Waals surface area contributed by atoms with E-state index in [1.54, 1.807) is 18.7 Å². The number of nitrogens with one attached hydrogen (secondary N) is 1. The highest BCUT2D eigenvalue weighted by molar-refractivity contribution is 7.99. The molecule has 4 nitrogen and oxygen atoms in total. The standard InChI is InChI=1S/C10H17NO3S/c1-2-14-9(12)3-5-11-10(13)8-4-6-15-7-8/h8H,2-7H2,1H3,(H,11,13). The highest BCUT2D eigenvalue weighted by Gasteiger charge is 2.22. The molecule has 0 aromatic heterocycles. The van der Waals surface area contributed by atoms with Crippen molar-refractivity contribution in [2.45, 2.75) is 19.8 Å². The van der Waals surface area contributed by atoms with Crippen molar-refractivity contribution in [1.82, 2.24) is 5.32 Å². The van der Waals surface area contributed by atoms with Crippen molar-refractivity contribution >= 4 is 23.6 Å². The topological polar surface area (TPSA) is 55.4 Å². The number of amides is 1. The molecule has 1 N–H and O–H groups in total. The fourth-order valence-electron chi connectivity index (χ4n) is 1.41. The summed E-state index contributed by atoms with van der Waals surface area (Å²) in [6.07, 6.45) is 1.22. The smallest absolute Gasteiger partial charge is 0.307 e. The van der Waals surface area contributed by atoms with Gasteiger partial charge in [0, 0.05) is 18.2 Å². The molecule has 15 heavy (non-hydrogen) atoms. The monoisotopic (exact) mass is 231 g/mol. The van der Waals surface area contributed by atoms with E-state index in [1.165, 1.54) is 0 Å². The molecule has 0 aromatic rings. The van der Waals surface area contributed by atoms with E-state index in [-0.39, 0.29) is 24.2 Å². The molecule has 0 saturated carbocycles. The van der Waals surface area contributed by atoms with Gasteiger partial charge in [0.15, 0.2) is 0 Å². The third kappa shape index (κ3) is 4.55. The first kappa shape index (κ1) is 12.4. The molecule has 1 heterocycles. The molecule has 5 heteroatoms. The van der Waals surface area contributed by atoms with Gasteiger partial charge in [-0.25, -0.2) is 0 Å². The van der Waals surface area contributed by atoms with Gasteiger partial charge in [0.05, 0.1) is 13.0 Å². The Morgan fingerprint density at radius 3 is 2.93 bits per heavy atom. The Hall–Kier alpha value is -0.710. The van der Waals surface area contributed by atoms with Crippen LogP contribution < -0.4 is 5.32 Å². The summed E-state index contributed by atoms with van der Waals surface area (Å²) in [5, 5.41) is 2.76. The number of hydrogen-bond acceptors (Lipinski definition) is 4. The van der Waals surface area contributed by atoms with Crippen molar-refractivity contribution in [2.75, 3.05) is 24.7 Å². The zero-order valence-electron chi connectivity index (χ0n) is 8.95. The summed E-state index contributed by atoms with van der Waals surface area (Å²) in [5.74, 6) is 1.93. The zero-order valence-corrected chi connectivity index (χ0v) is 9.77. The Morgan fingerprint density at radius 2 is 2.33 bits per heavy atom. The normalized spacial score (nSPS) is 19.9. The van der Waals surface area contributed by atoms with Crippen molar-refractivity contribution in [3.63, 3.8) is 0 Å². The highest BCUT2D eigenvalue weighted by atomic mass is 32.2. The molecular weight excluding hydrogens is 214 g/mol. The molecule has 1 fully saturated rings. The molecule has 1 aliphatic rings. The van der Waals surface area contributed by atoms with Gasteiger partial charge in [-0.1, -0.05) is 0 Å². The quantitative estimate of drug-likeness (QED) is 0.711. The van der Waals surface area contributed by atoms with E-state index in [0.717, 1.165) is 17.9 Å². The van der Waals surface area contributed by atoms with E-state index in [2.05, 4.69) is 5.32 Å². The minimum Gasteiger partial charge on any atom is -0.466 e. The molecule has 1 aliphatic heterocycles. The average Bonchev–Trinajstić information content (AvgIpc) is 2.70. The van der Waals surface area contributed by atoms with E-state index in [9.17, 15) is 9.59 Å². The number of hydrogen-bond donors (Lipinski definition) is 1. The van der Waals surface area contributed by atoms with Gasteiger partial charge in [-0.2, -0.15) is 11.8 Å². The van der Waals surface area contributed by atoms with Crippen LogP contribution in [0.5, 0.6) is 0 Å². The maximum absolute atomic E-state index is 11.5. The lowest BCUT2D eigenvalue weighted by atomic mass is 10.1. The van der Waals surface area contributed by atoms with Crippen LogP contribution in [0, 0.1) is 5.92 Å². The highest BCUT2D eigenvalue weighted by Crippen LogP contribution is 2.23. The summed E-state index contributed by atoms with van der Waals surface area (Å²) < 4.78 is 4.75. The van der Waals surface area contributed by atoms with Crippen molar-refractivity contribution in [1.29, 1.82) is 0 Å². The van der Waals surface area contributed by atoms with E-state index >= 15 is 0 Å². The lowest BCUT2D eigenvalue weighted by Crippen LogP contribution is -2.32. The van der Waals surface area contributed by atoms with Gasteiger partial charge in [0.2, 0.25) is 5.91 Å². The van der Waals surface area contributed by atoms with Crippen LogP contribution in [0.2, 0.25) is 0 Å². The summed E-state index contributed by atoms with van der Waals surface area (Å²) in [4.78, 5) is 22.5. The second-order valence-electron chi connectivity index (χ2n) is 3.41. The fourth-order valence-corrected chi connectivity index (χ4v) is 2.63. The van der Waals surface area contributed by atoms with Crippen LogP contribution >= 0.6 is 11.8 Å². The minimum absolute atomic E-state index is 0.0734. The van der Waals surface area contributed by atoms with Gasteiger partial charge in [-0.15, -0.1) is 0 Å². The number of carbonyl (C=O) groups excluding carboxylic acids is 2. The van der Waals surface area contributed by atoms with Crippen LogP contribution in [0.3, 0.4) is 0 Å². The number of carbonyl (C=O) groups is 2. The predicted octanol–water partition coefficient (Wildman–Crippen LogP) is 0.809. The number of esters is 1. The van der Waals surface area contributed by atoms with E-state index < -0.39 is 0 Å². The van der Waals surface area contributed by atoms with E-state index in [1.807, 2.05) is 0 Å². The third-order valence-corrected chi connectivity index (χ3v) is 3.40. The summed E-state index contributed by atoms with van der Waals surface area (Å²) in [6, 6.07) is 0. The van der Waals surface area contributed by atoms with Crippen LogP contribution in [-0.2, 0) is 14.3 Å². The van der Waals surface area contributed by atoms with Crippen LogP contribution in [0.15, 0.2) is 0 Å². The van der Waals surface area contributed by atoms with Gasteiger partial charge < -0.3 is 10.1 Å². The lowest BCUT2D eigenvalue weighted by molar-refractivity contribution is -0.143. The summed E-state index contributed by atoms with van der Waals surface area (Å²) in [7, 11) is 0. The van der Waals surface area contributed by atoms with Gasteiger partial charge in [-0.3, -0.25) is 9.59 Å². The molecule has 0 aliphatic carbocycles. The van der Waals surface area contributed by atoms with Crippen molar-refractivity contribution in [2.24, 2.45) is 5.92 Å². The molecule has 1 unspecified atom stereocenters. The van der Waals surface area contributed by atoms with Gasteiger partial charge in [-0.05, 0) is 19.1 Å². The second kappa shape index (κ2) is 6.71. The van der Waals surface area contributed by atoms with Crippen molar-refractivity contribution < 1.29 is 14.3 Å². The van der Waals surface area contributed by atoms with E-state index in [4.69, 9.17) is 4.74 Å². The molecule has 0 aromatic carbocycles. The van der Waals surface area contributed by atoms with Crippen LogP contribution in [-0.4, -0.2) is 36.5 Å². The molecule has 1 saturated heterocycles. The molecule has 0 bridgehead atoms. The Labute approximate surface area is 94.1 Å². The van der Waals surface area contributed by atoms with Crippen molar-refractivity contribution in [3.05, 3.63) is 0 Å². The summed E-state index contributed by atoms with van der Waals surface area (Å²) in [5.41, 5.74) is 0. The Bertz CT molecular complexity index is 227. The predicted molar refractivity (Wildman–Crippen MR) is 59.7 cm³/mol. The van der Waals surface area contributed by atoms with Crippen molar-refractivity contribution in [3.8, 4) is 0 Å². The first-order valence-electron chi connectivity index (χ1n) is 5.25. The molecule has 86 valence electrons. The van der Waals surface area contributed by atoms with Gasteiger partial charge in [0.25, 0.3) is 0 Å². The van der Waals surface area contributed by atoms with E-state index in [0.29, 0.717) is 13.2 Å². The molecule has 0 radical (unpaired) electrons. The summed E-state index contributed by atoms with van der Waals surface area (Å²) in [6.45, 7) is 2.55.